The predicted octanol–water partition coefficient (Wildman–Crippen LogP) is 4.51. The highest BCUT2D eigenvalue weighted by Crippen LogP contribution is 2.30. The lowest BCUT2D eigenvalue weighted by Crippen LogP contribution is -2.39. The van der Waals surface area contributed by atoms with Gasteiger partial charge in [-0.3, -0.25) is 4.79 Å². The van der Waals surface area contributed by atoms with Crippen molar-refractivity contribution in [1.82, 2.24) is 15.5 Å². The molecule has 0 saturated carbocycles. The predicted molar refractivity (Wildman–Crippen MR) is 133 cm³/mol. The number of fused-ring (bicyclic) bond motifs is 1. The molecule has 0 radical (unpaired) electrons. The molecule has 35 heavy (non-hydrogen) atoms. The van der Waals surface area contributed by atoms with Gasteiger partial charge in [-0.2, -0.15) is 5.26 Å². The van der Waals surface area contributed by atoms with Gasteiger partial charge in [0.25, 0.3) is 5.91 Å². The lowest BCUT2D eigenvalue weighted by atomic mass is 9.87. The number of nitriles is 1. The maximum atomic E-state index is 13.0. The first-order chi connectivity index (χ1) is 17.1. The van der Waals surface area contributed by atoms with E-state index in [1.54, 1.807) is 12.1 Å². The van der Waals surface area contributed by atoms with E-state index in [1.807, 2.05) is 31.2 Å². The second-order valence-corrected chi connectivity index (χ2v) is 9.30. The minimum Gasteiger partial charge on any atom is -0.490 e. The number of carbonyl (C=O) groups excluding carboxylic acids is 1. The van der Waals surface area contributed by atoms with Crippen LogP contribution in [0.5, 0.6) is 5.75 Å². The van der Waals surface area contributed by atoms with Crippen molar-refractivity contribution in [2.24, 2.45) is 0 Å². The van der Waals surface area contributed by atoms with Gasteiger partial charge in [0.15, 0.2) is 11.5 Å². The number of aryl methyl sites for hydroxylation is 2. The van der Waals surface area contributed by atoms with Crippen LogP contribution in [0.25, 0.3) is 0 Å². The summed E-state index contributed by atoms with van der Waals surface area (Å²) in [5.74, 6) is 1.37. The average molecular weight is 468 g/mol. The van der Waals surface area contributed by atoms with Gasteiger partial charge in [0.1, 0.15) is 11.9 Å². The van der Waals surface area contributed by atoms with Gasteiger partial charge in [-0.05, 0) is 67.1 Å². The van der Waals surface area contributed by atoms with Crippen molar-refractivity contribution in [2.75, 3.05) is 18.0 Å². The number of nitrogens with one attached hydrogen (secondary N) is 1. The van der Waals surface area contributed by atoms with Gasteiger partial charge in [-0.15, -0.1) is 10.2 Å². The molecular weight excluding hydrogens is 438 g/mol. The Labute approximate surface area is 205 Å². The lowest BCUT2D eigenvalue weighted by Gasteiger charge is -2.33. The molecule has 1 amide bonds. The van der Waals surface area contributed by atoms with Gasteiger partial charge >= 0.3 is 0 Å². The molecule has 0 bridgehead atoms. The minimum absolute atomic E-state index is 0.0158. The number of piperidine rings is 1. The molecule has 1 unspecified atom stereocenters. The first-order valence-corrected chi connectivity index (χ1v) is 12.3. The van der Waals surface area contributed by atoms with Gasteiger partial charge in [0.05, 0.1) is 17.7 Å². The highest BCUT2D eigenvalue weighted by molar-refractivity contribution is 5.92. The van der Waals surface area contributed by atoms with Gasteiger partial charge in [-0.25, -0.2) is 0 Å². The van der Waals surface area contributed by atoms with Crippen molar-refractivity contribution in [1.29, 1.82) is 5.26 Å². The maximum absolute atomic E-state index is 13.0. The third-order valence-electron chi connectivity index (χ3n) is 6.87. The Morgan fingerprint density at radius 2 is 1.91 bits per heavy atom. The molecule has 1 aliphatic carbocycles. The number of ether oxygens (including phenoxy) is 1. The topological polar surface area (TPSA) is 91.1 Å². The summed E-state index contributed by atoms with van der Waals surface area (Å²) < 4.78 is 6.09. The van der Waals surface area contributed by atoms with Crippen LogP contribution >= 0.6 is 0 Å². The molecule has 1 fully saturated rings. The number of hydrogen-bond acceptors (Lipinski definition) is 6. The number of nitrogens with zero attached hydrogens (tertiary/aromatic N) is 4. The van der Waals surface area contributed by atoms with Crippen molar-refractivity contribution < 1.29 is 9.53 Å². The van der Waals surface area contributed by atoms with E-state index in [1.165, 1.54) is 11.1 Å². The third-order valence-corrected chi connectivity index (χ3v) is 6.87. The fourth-order valence-electron chi connectivity index (χ4n) is 5.06. The zero-order chi connectivity index (χ0) is 24.2. The standard InChI is InChI=1S/C28H29N5O2/c1-19-16-26(28(34)30-25-11-5-8-21-7-2-3-10-24(21)25)31-32-27(19)33-14-12-22(13-15-33)35-23-9-4-6-20(17-23)18-29/h2-4,6-7,9-10,16-17,22,25H,5,8,11-15H2,1H3,(H,30,34). The Kier molecular flexibility index (Phi) is 6.62. The quantitative estimate of drug-likeness (QED) is 0.594. The number of rotatable bonds is 5. The van der Waals surface area contributed by atoms with E-state index in [0.29, 0.717) is 11.3 Å². The van der Waals surface area contributed by atoms with Crippen molar-refractivity contribution >= 4 is 11.7 Å². The summed E-state index contributed by atoms with van der Waals surface area (Å²) in [6, 6.07) is 19.6. The Morgan fingerprint density at radius 1 is 1.09 bits per heavy atom. The van der Waals surface area contributed by atoms with Crippen LogP contribution in [0.3, 0.4) is 0 Å². The first kappa shape index (κ1) is 22.9. The zero-order valence-electron chi connectivity index (χ0n) is 19.9. The Morgan fingerprint density at radius 3 is 2.71 bits per heavy atom. The number of aromatic nitrogens is 2. The molecule has 7 heteroatoms. The summed E-state index contributed by atoms with van der Waals surface area (Å²) in [6.07, 6.45) is 4.85. The number of anilines is 1. The number of benzene rings is 2. The van der Waals surface area contributed by atoms with Gasteiger partial charge in [0.2, 0.25) is 0 Å². The van der Waals surface area contributed by atoms with Gasteiger partial charge < -0.3 is 15.0 Å². The second kappa shape index (κ2) is 10.1. The highest BCUT2D eigenvalue weighted by atomic mass is 16.5. The summed E-state index contributed by atoms with van der Waals surface area (Å²) in [4.78, 5) is 15.2. The van der Waals surface area contributed by atoms with E-state index >= 15 is 0 Å². The van der Waals surface area contributed by atoms with Crippen molar-refractivity contribution in [3.63, 3.8) is 0 Å². The van der Waals surface area contributed by atoms with Crippen LogP contribution in [0.1, 0.15) is 64.5 Å². The van der Waals surface area contributed by atoms with E-state index in [0.717, 1.165) is 62.3 Å². The number of hydrogen-bond donors (Lipinski definition) is 1. The van der Waals surface area contributed by atoms with Crippen molar-refractivity contribution in [2.45, 2.75) is 51.2 Å². The normalized spacial score (nSPS) is 17.8. The zero-order valence-corrected chi connectivity index (χ0v) is 19.9. The minimum atomic E-state index is -0.180. The third kappa shape index (κ3) is 5.12. The molecule has 7 nitrogen and oxygen atoms in total. The molecule has 2 heterocycles. The summed E-state index contributed by atoms with van der Waals surface area (Å²) in [5.41, 5.74) is 4.41. The molecule has 1 saturated heterocycles. The smallest absolute Gasteiger partial charge is 0.272 e. The number of amides is 1. The molecule has 1 aromatic heterocycles. The largest absolute Gasteiger partial charge is 0.490 e. The summed E-state index contributed by atoms with van der Waals surface area (Å²) in [6.45, 7) is 3.57. The molecule has 1 aliphatic heterocycles. The van der Waals surface area contributed by atoms with Gasteiger partial charge in [-0.1, -0.05) is 30.3 Å². The molecule has 3 aromatic rings. The molecular formula is C28H29N5O2. The van der Waals surface area contributed by atoms with E-state index in [4.69, 9.17) is 10.00 Å². The molecule has 178 valence electrons. The lowest BCUT2D eigenvalue weighted by molar-refractivity contribution is 0.0926. The first-order valence-electron chi connectivity index (χ1n) is 12.3. The fourth-order valence-corrected chi connectivity index (χ4v) is 5.06. The van der Waals surface area contributed by atoms with Crippen LogP contribution in [0.15, 0.2) is 54.6 Å². The van der Waals surface area contributed by atoms with Crippen LogP contribution in [-0.2, 0) is 6.42 Å². The monoisotopic (exact) mass is 467 g/mol. The van der Waals surface area contributed by atoms with E-state index < -0.39 is 0 Å². The Balaban J connectivity index is 1.20. The second-order valence-electron chi connectivity index (χ2n) is 9.30. The van der Waals surface area contributed by atoms with Crippen LogP contribution in [-0.4, -0.2) is 35.3 Å². The Bertz CT molecular complexity index is 1260. The molecule has 1 N–H and O–H groups in total. The fraction of sp³-hybridized carbons (Fsp3) is 0.357. The molecule has 1 atom stereocenters. The molecule has 2 aromatic carbocycles. The molecule has 5 rings (SSSR count). The number of carbonyl (C=O) groups is 1. The summed E-state index contributed by atoms with van der Waals surface area (Å²) in [5, 5.41) is 20.9. The van der Waals surface area contributed by atoms with E-state index in [2.05, 4.69) is 44.7 Å². The maximum Gasteiger partial charge on any atom is 0.272 e. The van der Waals surface area contributed by atoms with Crippen LogP contribution in [0, 0.1) is 18.3 Å². The van der Waals surface area contributed by atoms with Gasteiger partial charge in [0, 0.05) is 25.9 Å². The average Bonchev–Trinajstić information content (AvgIpc) is 2.89. The van der Waals surface area contributed by atoms with E-state index in [9.17, 15) is 4.79 Å². The van der Waals surface area contributed by atoms with Crippen LogP contribution < -0.4 is 15.0 Å². The van der Waals surface area contributed by atoms with Crippen molar-refractivity contribution in [3.05, 3.63) is 82.5 Å². The SMILES string of the molecule is Cc1cc(C(=O)NC2CCCc3ccccc32)nnc1N1CCC(Oc2cccc(C#N)c2)CC1. The highest BCUT2D eigenvalue weighted by Gasteiger charge is 2.25. The summed E-state index contributed by atoms with van der Waals surface area (Å²) >= 11 is 0. The van der Waals surface area contributed by atoms with Crippen LogP contribution in [0.2, 0.25) is 0 Å². The molecule has 0 spiro atoms. The summed E-state index contributed by atoms with van der Waals surface area (Å²) in [7, 11) is 0. The molecule has 2 aliphatic rings. The van der Waals surface area contributed by atoms with E-state index in [-0.39, 0.29) is 18.1 Å². The Hall–Kier alpha value is -3.92. The van der Waals surface area contributed by atoms with Crippen molar-refractivity contribution in [3.8, 4) is 11.8 Å². The van der Waals surface area contributed by atoms with Crippen LogP contribution in [0.4, 0.5) is 5.82 Å².